The van der Waals surface area contributed by atoms with Crippen molar-refractivity contribution in [3.05, 3.63) is 35.2 Å². The van der Waals surface area contributed by atoms with Crippen LogP contribution < -0.4 is 0 Å². The Hall–Kier alpha value is -1.75. The lowest BCUT2D eigenvalue weighted by atomic mass is 10.1. The van der Waals surface area contributed by atoms with E-state index in [4.69, 9.17) is 0 Å². The summed E-state index contributed by atoms with van der Waals surface area (Å²) in [5.41, 5.74) is 1.76. The van der Waals surface area contributed by atoms with Crippen molar-refractivity contribution in [3.63, 3.8) is 0 Å². The number of aromatic hydroxyl groups is 1. The first-order chi connectivity index (χ1) is 7.24. The first-order valence-electron chi connectivity index (χ1n) is 4.09. The van der Waals surface area contributed by atoms with Crippen LogP contribution in [0.5, 0.6) is 5.75 Å². The van der Waals surface area contributed by atoms with Crippen molar-refractivity contribution in [1.82, 2.24) is 4.98 Å². The van der Waals surface area contributed by atoms with E-state index in [1.807, 2.05) is 0 Å². The van der Waals surface area contributed by atoms with Gasteiger partial charge in [0, 0.05) is 11.8 Å². The van der Waals surface area contributed by atoms with E-state index in [1.54, 1.807) is 5.51 Å². The number of hydrogen-bond donors (Lipinski definition) is 1. The molecule has 0 fully saturated rings. The maximum absolute atomic E-state index is 13.6. The van der Waals surface area contributed by atoms with Gasteiger partial charge in [-0.2, -0.15) is 0 Å². The molecule has 1 N–H and O–H groups in total. The zero-order chi connectivity index (χ0) is 10.8. The van der Waals surface area contributed by atoms with Crippen LogP contribution in [-0.4, -0.2) is 16.4 Å². The largest absolute Gasteiger partial charge is 0.504 e. The zero-order valence-electron chi connectivity index (χ0n) is 7.48. The second-order valence-corrected chi connectivity index (χ2v) is 3.73. The standard InChI is InChI=1S/C10H6FNO2S/c11-9-7(8-3-12-5-15-8)2-1-6(4-13)10(9)14/h1-5,14H. The summed E-state index contributed by atoms with van der Waals surface area (Å²) in [4.78, 5) is 14.9. The fourth-order valence-corrected chi connectivity index (χ4v) is 1.86. The summed E-state index contributed by atoms with van der Waals surface area (Å²) in [7, 11) is 0. The van der Waals surface area contributed by atoms with Crippen LogP contribution in [-0.2, 0) is 0 Å². The van der Waals surface area contributed by atoms with Crippen molar-refractivity contribution in [1.29, 1.82) is 0 Å². The Bertz CT molecular complexity index is 496. The van der Waals surface area contributed by atoms with E-state index in [1.165, 1.54) is 29.7 Å². The minimum absolute atomic E-state index is 0.0548. The second-order valence-electron chi connectivity index (χ2n) is 2.85. The number of carbonyl (C=O) groups is 1. The van der Waals surface area contributed by atoms with Crippen molar-refractivity contribution in [3.8, 4) is 16.2 Å². The first kappa shape index (κ1) is 9.79. The van der Waals surface area contributed by atoms with Crippen LogP contribution in [0, 0.1) is 5.82 Å². The molecule has 0 unspecified atom stereocenters. The Kier molecular flexibility index (Phi) is 2.47. The smallest absolute Gasteiger partial charge is 0.174 e. The van der Waals surface area contributed by atoms with E-state index in [-0.39, 0.29) is 11.1 Å². The van der Waals surface area contributed by atoms with E-state index in [0.29, 0.717) is 11.2 Å². The third-order valence-corrected chi connectivity index (χ3v) is 2.78. The molecule has 2 aromatic rings. The average Bonchev–Trinajstić information content (AvgIpc) is 2.75. The highest BCUT2D eigenvalue weighted by Crippen LogP contribution is 2.32. The molecule has 3 nitrogen and oxygen atoms in total. The molecular formula is C10H6FNO2S. The second kappa shape index (κ2) is 3.78. The van der Waals surface area contributed by atoms with Crippen LogP contribution in [0.3, 0.4) is 0 Å². The molecule has 1 aromatic carbocycles. The summed E-state index contributed by atoms with van der Waals surface area (Å²) < 4.78 is 13.6. The number of benzene rings is 1. The van der Waals surface area contributed by atoms with Gasteiger partial charge in [-0.1, -0.05) is 0 Å². The van der Waals surface area contributed by atoms with Crippen LogP contribution in [0.4, 0.5) is 4.39 Å². The Balaban J connectivity index is 2.61. The van der Waals surface area contributed by atoms with Crippen LogP contribution in [0.1, 0.15) is 10.4 Å². The minimum Gasteiger partial charge on any atom is -0.504 e. The minimum atomic E-state index is -0.788. The van der Waals surface area contributed by atoms with Crippen LogP contribution in [0.2, 0.25) is 0 Å². The van der Waals surface area contributed by atoms with Gasteiger partial charge in [-0.25, -0.2) is 4.39 Å². The van der Waals surface area contributed by atoms with Gasteiger partial charge >= 0.3 is 0 Å². The lowest BCUT2D eigenvalue weighted by molar-refractivity contribution is 0.112. The summed E-state index contributed by atoms with van der Waals surface area (Å²) in [6.45, 7) is 0. The summed E-state index contributed by atoms with van der Waals surface area (Å²) in [6, 6.07) is 2.83. The van der Waals surface area contributed by atoms with Crippen molar-refractivity contribution in [2.45, 2.75) is 0 Å². The van der Waals surface area contributed by atoms with Gasteiger partial charge in [0.05, 0.1) is 16.0 Å². The molecule has 0 bridgehead atoms. The fourth-order valence-electron chi connectivity index (χ4n) is 1.21. The molecular weight excluding hydrogens is 217 g/mol. The summed E-state index contributed by atoms with van der Waals surface area (Å²) in [5, 5.41) is 9.36. The predicted octanol–water partition coefficient (Wildman–Crippen LogP) is 2.47. The summed E-state index contributed by atoms with van der Waals surface area (Å²) >= 11 is 1.26. The fraction of sp³-hybridized carbons (Fsp3) is 0. The molecule has 0 aliphatic carbocycles. The van der Waals surface area contributed by atoms with E-state index in [0.717, 1.165) is 0 Å². The zero-order valence-corrected chi connectivity index (χ0v) is 8.29. The van der Waals surface area contributed by atoms with Crippen molar-refractivity contribution in [2.75, 3.05) is 0 Å². The van der Waals surface area contributed by atoms with Crippen LogP contribution >= 0.6 is 11.3 Å². The predicted molar refractivity (Wildman–Crippen MR) is 54.6 cm³/mol. The Morgan fingerprint density at radius 2 is 2.27 bits per heavy atom. The normalized spacial score (nSPS) is 10.2. The number of phenolic OH excluding ortho intramolecular Hbond substituents is 1. The van der Waals surface area contributed by atoms with E-state index in [2.05, 4.69) is 4.98 Å². The van der Waals surface area contributed by atoms with Gasteiger partial charge in [0.1, 0.15) is 0 Å². The SMILES string of the molecule is O=Cc1ccc(-c2cncs2)c(F)c1O. The molecule has 0 aliphatic heterocycles. The number of phenols is 1. The van der Waals surface area contributed by atoms with Gasteiger partial charge in [-0.05, 0) is 12.1 Å². The molecule has 0 radical (unpaired) electrons. The maximum Gasteiger partial charge on any atom is 0.174 e. The highest BCUT2D eigenvalue weighted by Gasteiger charge is 2.14. The van der Waals surface area contributed by atoms with Crippen LogP contribution in [0.15, 0.2) is 23.8 Å². The van der Waals surface area contributed by atoms with Gasteiger partial charge in [0.15, 0.2) is 17.9 Å². The quantitative estimate of drug-likeness (QED) is 0.795. The molecule has 15 heavy (non-hydrogen) atoms. The molecule has 76 valence electrons. The van der Waals surface area contributed by atoms with Crippen molar-refractivity contribution < 1.29 is 14.3 Å². The van der Waals surface area contributed by atoms with E-state index < -0.39 is 11.6 Å². The molecule has 0 amide bonds. The van der Waals surface area contributed by atoms with Crippen molar-refractivity contribution >= 4 is 17.6 Å². The van der Waals surface area contributed by atoms with Gasteiger partial charge in [-0.3, -0.25) is 9.78 Å². The molecule has 0 atom stereocenters. The third kappa shape index (κ3) is 1.61. The molecule has 1 aromatic heterocycles. The Morgan fingerprint density at radius 3 is 2.87 bits per heavy atom. The van der Waals surface area contributed by atoms with Gasteiger partial charge in [-0.15, -0.1) is 11.3 Å². The van der Waals surface area contributed by atoms with Crippen molar-refractivity contribution in [2.24, 2.45) is 0 Å². The molecule has 2 rings (SSSR count). The number of carbonyl (C=O) groups excluding carboxylic acids is 1. The van der Waals surface area contributed by atoms with E-state index in [9.17, 15) is 14.3 Å². The van der Waals surface area contributed by atoms with Crippen LogP contribution in [0.25, 0.3) is 10.4 Å². The van der Waals surface area contributed by atoms with Gasteiger partial charge < -0.3 is 5.11 Å². The average molecular weight is 223 g/mol. The molecule has 0 saturated heterocycles. The number of nitrogens with zero attached hydrogens (tertiary/aromatic N) is 1. The summed E-state index contributed by atoms with van der Waals surface area (Å²) in [5.74, 6) is -1.40. The highest BCUT2D eigenvalue weighted by molar-refractivity contribution is 7.13. The number of aldehydes is 1. The lowest BCUT2D eigenvalue weighted by Gasteiger charge is -2.03. The number of halogens is 1. The molecule has 0 saturated carbocycles. The van der Waals surface area contributed by atoms with Gasteiger partial charge in [0.2, 0.25) is 0 Å². The first-order valence-corrected chi connectivity index (χ1v) is 4.97. The lowest BCUT2D eigenvalue weighted by Crippen LogP contribution is -1.88. The molecule has 5 heteroatoms. The summed E-state index contributed by atoms with van der Waals surface area (Å²) in [6.07, 6.45) is 1.91. The number of aromatic nitrogens is 1. The molecule has 0 aliphatic rings. The Labute approximate surface area is 88.8 Å². The molecule has 0 spiro atoms. The Morgan fingerprint density at radius 1 is 1.47 bits per heavy atom. The van der Waals surface area contributed by atoms with E-state index >= 15 is 0 Å². The topological polar surface area (TPSA) is 50.2 Å². The van der Waals surface area contributed by atoms with Gasteiger partial charge in [0.25, 0.3) is 0 Å². The maximum atomic E-state index is 13.6. The highest BCUT2D eigenvalue weighted by atomic mass is 32.1. The number of rotatable bonds is 2. The third-order valence-electron chi connectivity index (χ3n) is 1.97. The molecule has 1 heterocycles. The number of thiazole rings is 1. The number of hydrogen-bond acceptors (Lipinski definition) is 4. The monoisotopic (exact) mass is 223 g/mol.